The van der Waals surface area contributed by atoms with Crippen molar-refractivity contribution >= 4 is 5.97 Å². The molecule has 3 rings (SSSR count). The zero-order chi connectivity index (χ0) is 18.9. The first-order valence-electron chi connectivity index (χ1n) is 9.10. The van der Waals surface area contributed by atoms with Crippen molar-refractivity contribution < 1.29 is 9.53 Å². The standard InChI is InChI=1S/C23H24N2O2/c1-27-23(26)13-10-18-5-4-6-20(15-18)17-24-16-19-8-11-21(12-9-19)22-7-2-3-14-25-22/h2-9,11-12,14-15,24H,10,13,16-17H2,1H3. The van der Waals surface area contributed by atoms with Gasteiger partial charge in [-0.05, 0) is 35.2 Å². The summed E-state index contributed by atoms with van der Waals surface area (Å²) in [7, 11) is 1.42. The van der Waals surface area contributed by atoms with Crippen molar-refractivity contribution in [1.82, 2.24) is 10.3 Å². The van der Waals surface area contributed by atoms with E-state index in [9.17, 15) is 4.79 Å². The lowest BCUT2D eigenvalue weighted by atomic mass is 10.1. The maximum atomic E-state index is 11.3. The Morgan fingerprint density at radius 2 is 1.70 bits per heavy atom. The lowest BCUT2D eigenvalue weighted by Crippen LogP contribution is -2.12. The van der Waals surface area contributed by atoms with Gasteiger partial charge in [-0.3, -0.25) is 9.78 Å². The van der Waals surface area contributed by atoms with Crippen LogP contribution in [0.2, 0.25) is 0 Å². The van der Waals surface area contributed by atoms with Gasteiger partial charge >= 0.3 is 5.97 Å². The predicted octanol–water partition coefficient (Wildman–Crippen LogP) is 4.14. The number of aromatic nitrogens is 1. The van der Waals surface area contributed by atoms with Crippen LogP contribution in [0.25, 0.3) is 11.3 Å². The number of pyridine rings is 1. The third-order valence-corrected chi connectivity index (χ3v) is 4.41. The van der Waals surface area contributed by atoms with Crippen LogP contribution in [-0.4, -0.2) is 18.1 Å². The Morgan fingerprint density at radius 3 is 2.44 bits per heavy atom. The van der Waals surface area contributed by atoms with Crippen molar-refractivity contribution in [3.05, 3.63) is 89.6 Å². The molecule has 0 saturated carbocycles. The molecule has 138 valence electrons. The molecule has 27 heavy (non-hydrogen) atoms. The summed E-state index contributed by atoms with van der Waals surface area (Å²) in [5.41, 5.74) is 5.71. The van der Waals surface area contributed by atoms with E-state index < -0.39 is 0 Å². The first-order chi connectivity index (χ1) is 13.2. The maximum Gasteiger partial charge on any atom is 0.305 e. The highest BCUT2D eigenvalue weighted by atomic mass is 16.5. The number of rotatable bonds is 8. The summed E-state index contributed by atoms with van der Waals surface area (Å²) >= 11 is 0. The minimum atomic E-state index is -0.173. The average Bonchev–Trinajstić information content (AvgIpc) is 2.73. The van der Waals surface area contributed by atoms with Crippen LogP contribution in [-0.2, 0) is 29.0 Å². The molecule has 0 unspecified atom stereocenters. The van der Waals surface area contributed by atoms with Crippen LogP contribution in [0, 0.1) is 0 Å². The molecular weight excluding hydrogens is 336 g/mol. The Hall–Kier alpha value is -2.98. The number of esters is 1. The minimum Gasteiger partial charge on any atom is -0.469 e. The number of carbonyl (C=O) groups excluding carboxylic acids is 1. The van der Waals surface area contributed by atoms with Gasteiger partial charge in [0.15, 0.2) is 0 Å². The van der Waals surface area contributed by atoms with Crippen molar-refractivity contribution in [2.75, 3.05) is 7.11 Å². The highest BCUT2D eigenvalue weighted by Crippen LogP contribution is 2.17. The molecule has 0 spiro atoms. The fourth-order valence-corrected chi connectivity index (χ4v) is 2.92. The molecule has 3 aromatic rings. The number of ether oxygens (including phenoxy) is 1. The summed E-state index contributed by atoms with van der Waals surface area (Å²) < 4.78 is 4.70. The van der Waals surface area contributed by atoms with Crippen molar-refractivity contribution in [2.45, 2.75) is 25.9 Å². The maximum absolute atomic E-state index is 11.3. The van der Waals surface area contributed by atoms with E-state index in [4.69, 9.17) is 4.74 Å². The van der Waals surface area contributed by atoms with Gasteiger partial charge in [-0.1, -0.05) is 54.6 Å². The second-order valence-corrected chi connectivity index (χ2v) is 6.41. The van der Waals surface area contributed by atoms with Gasteiger partial charge in [0.05, 0.1) is 12.8 Å². The summed E-state index contributed by atoms with van der Waals surface area (Å²) in [6, 6.07) is 22.7. The van der Waals surface area contributed by atoms with Gasteiger partial charge in [-0.2, -0.15) is 0 Å². The normalized spacial score (nSPS) is 10.6. The van der Waals surface area contributed by atoms with E-state index in [1.54, 1.807) is 0 Å². The largest absolute Gasteiger partial charge is 0.469 e. The molecule has 2 aromatic carbocycles. The molecule has 0 aliphatic heterocycles. The fraction of sp³-hybridized carbons (Fsp3) is 0.217. The summed E-state index contributed by atoms with van der Waals surface area (Å²) in [6.45, 7) is 1.59. The summed E-state index contributed by atoms with van der Waals surface area (Å²) in [4.78, 5) is 15.7. The summed E-state index contributed by atoms with van der Waals surface area (Å²) in [6.07, 6.45) is 2.93. The SMILES string of the molecule is COC(=O)CCc1cccc(CNCc2ccc(-c3ccccn3)cc2)c1. The third kappa shape index (κ3) is 5.76. The molecule has 0 atom stereocenters. The Kier molecular flexibility index (Phi) is 6.72. The number of nitrogens with zero attached hydrogens (tertiary/aromatic N) is 1. The molecule has 1 aromatic heterocycles. The topological polar surface area (TPSA) is 51.2 Å². The van der Waals surface area contributed by atoms with Crippen LogP contribution in [0.4, 0.5) is 0 Å². The number of nitrogens with one attached hydrogen (secondary N) is 1. The zero-order valence-electron chi connectivity index (χ0n) is 15.5. The monoisotopic (exact) mass is 360 g/mol. The highest BCUT2D eigenvalue weighted by molar-refractivity contribution is 5.69. The Balaban J connectivity index is 1.50. The van der Waals surface area contributed by atoms with E-state index in [0.29, 0.717) is 12.8 Å². The molecule has 4 nitrogen and oxygen atoms in total. The van der Waals surface area contributed by atoms with E-state index in [2.05, 4.69) is 46.7 Å². The molecule has 0 saturated heterocycles. The average molecular weight is 360 g/mol. The lowest BCUT2D eigenvalue weighted by molar-refractivity contribution is -0.140. The number of hydrogen-bond donors (Lipinski definition) is 1. The summed E-state index contributed by atoms with van der Waals surface area (Å²) in [5.74, 6) is -0.173. The molecule has 1 N–H and O–H groups in total. The first-order valence-corrected chi connectivity index (χ1v) is 9.10. The number of benzene rings is 2. The van der Waals surface area contributed by atoms with E-state index in [-0.39, 0.29) is 5.97 Å². The molecule has 1 heterocycles. The zero-order valence-corrected chi connectivity index (χ0v) is 15.5. The van der Waals surface area contributed by atoms with Crippen molar-refractivity contribution in [3.8, 4) is 11.3 Å². The minimum absolute atomic E-state index is 0.173. The van der Waals surface area contributed by atoms with Crippen LogP contribution < -0.4 is 5.32 Å². The highest BCUT2D eigenvalue weighted by Gasteiger charge is 2.03. The second-order valence-electron chi connectivity index (χ2n) is 6.41. The van der Waals surface area contributed by atoms with E-state index >= 15 is 0 Å². The van der Waals surface area contributed by atoms with Gasteiger partial charge in [0.2, 0.25) is 0 Å². The van der Waals surface area contributed by atoms with Crippen LogP contribution in [0.3, 0.4) is 0 Å². The number of carbonyl (C=O) groups is 1. The molecule has 0 aliphatic rings. The van der Waals surface area contributed by atoms with E-state index in [1.165, 1.54) is 18.2 Å². The smallest absolute Gasteiger partial charge is 0.305 e. The van der Waals surface area contributed by atoms with Crippen LogP contribution in [0.5, 0.6) is 0 Å². The van der Waals surface area contributed by atoms with Crippen LogP contribution >= 0.6 is 0 Å². The number of methoxy groups -OCH3 is 1. The molecule has 0 radical (unpaired) electrons. The number of hydrogen-bond acceptors (Lipinski definition) is 4. The fourth-order valence-electron chi connectivity index (χ4n) is 2.92. The molecule has 0 amide bonds. The quantitative estimate of drug-likeness (QED) is 0.613. The third-order valence-electron chi connectivity index (χ3n) is 4.41. The van der Waals surface area contributed by atoms with Crippen LogP contribution in [0.1, 0.15) is 23.1 Å². The number of aryl methyl sites for hydroxylation is 1. The Morgan fingerprint density at radius 1 is 0.926 bits per heavy atom. The first kappa shape index (κ1) is 18.8. The van der Waals surface area contributed by atoms with Gasteiger partial charge in [0.1, 0.15) is 0 Å². The van der Waals surface area contributed by atoms with E-state index in [0.717, 1.165) is 29.9 Å². The predicted molar refractivity (Wildman–Crippen MR) is 107 cm³/mol. The molecule has 0 fully saturated rings. The van der Waals surface area contributed by atoms with Crippen molar-refractivity contribution in [2.24, 2.45) is 0 Å². The molecule has 0 bridgehead atoms. The Bertz CT molecular complexity index is 861. The second kappa shape index (κ2) is 9.64. The van der Waals surface area contributed by atoms with Crippen molar-refractivity contribution in [3.63, 3.8) is 0 Å². The van der Waals surface area contributed by atoms with E-state index in [1.807, 2.05) is 36.5 Å². The van der Waals surface area contributed by atoms with Crippen molar-refractivity contribution in [1.29, 1.82) is 0 Å². The van der Waals surface area contributed by atoms with Crippen LogP contribution in [0.15, 0.2) is 72.9 Å². The molecule has 4 heteroatoms. The van der Waals surface area contributed by atoms with Gasteiger partial charge < -0.3 is 10.1 Å². The Labute approximate surface area is 160 Å². The molecular formula is C23H24N2O2. The summed E-state index contributed by atoms with van der Waals surface area (Å²) in [5, 5.41) is 3.47. The van der Waals surface area contributed by atoms with Gasteiger partial charge in [0.25, 0.3) is 0 Å². The lowest BCUT2D eigenvalue weighted by Gasteiger charge is -2.08. The molecule has 0 aliphatic carbocycles. The van der Waals surface area contributed by atoms with Gasteiger partial charge in [0, 0.05) is 31.3 Å². The van der Waals surface area contributed by atoms with Gasteiger partial charge in [-0.15, -0.1) is 0 Å². The van der Waals surface area contributed by atoms with Gasteiger partial charge in [-0.25, -0.2) is 0 Å².